The SMILES string of the molecule is O=C(Nc1cn[nH]c1)c1cc2c(C3CC3)cccc2[nH]1. The Morgan fingerprint density at radius 2 is 2.25 bits per heavy atom. The molecule has 0 unspecified atom stereocenters. The zero-order valence-corrected chi connectivity index (χ0v) is 10.8. The van der Waals surface area contributed by atoms with Gasteiger partial charge in [0.25, 0.3) is 5.91 Å². The van der Waals surface area contributed by atoms with E-state index in [0.717, 1.165) is 10.9 Å². The number of anilines is 1. The smallest absolute Gasteiger partial charge is 0.272 e. The fourth-order valence-corrected chi connectivity index (χ4v) is 2.57. The zero-order valence-electron chi connectivity index (χ0n) is 10.8. The van der Waals surface area contributed by atoms with E-state index in [2.05, 4.69) is 26.6 Å². The lowest BCUT2D eigenvalue weighted by atomic mass is 10.1. The van der Waals surface area contributed by atoms with Gasteiger partial charge in [-0.05, 0) is 36.5 Å². The van der Waals surface area contributed by atoms with Crippen molar-refractivity contribution in [3.05, 3.63) is 47.9 Å². The number of amides is 1. The third kappa shape index (κ3) is 1.87. The van der Waals surface area contributed by atoms with Gasteiger partial charge in [0.1, 0.15) is 5.69 Å². The number of nitrogens with one attached hydrogen (secondary N) is 3. The highest BCUT2D eigenvalue weighted by Crippen LogP contribution is 2.43. The Morgan fingerprint density at radius 3 is 3.00 bits per heavy atom. The summed E-state index contributed by atoms with van der Waals surface area (Å²) in [5, 5.41) is 10.4. The summed E-state index contributed by atoms with van der Waals surface area (Å²) >= 11 is 0. The molecule has 1 aliphatic carbocycles. The molecule has 3 N–H and O–H groups in total. The highest BCUT2D eigenvalue weighted by Gasteiger charge is 2.26. The van der Waals surface area contributed by atoms with Crippen molar-refractivity contribution in [3.63, 3.8) is 0 Å². The van der Waals surface area contributed by atoms with Crippen molar-refractivity contribution in [2.24, 2.45) is 0 Å². The third-order valence-electron chi connectivity index (χ3n) is 3.72. The van der Waals surface area contributed by atoms with Crippen LogP contribution < -0.4 is 5.32 Å². The number of fused-ring (bicyclic) bond motifs is 1. The summed E-state index contributed by atoms with van der Waals surface area (Å²) in [6.45, 7) is 0. The standard InChI is InChI=1S/C15H14N4O/c20-15(18-10-7-16-17-8-10)14-6-12-11(9-4-5-9)2-1-3-13(12)19-14/h1-3,6-9,19H,4-5H2,(H,16,17)(H,18,20). The van der Waals surface area contributed by atoms with Gasteiger partial charge in [0.15, 0.2) is 0 Å². The average molecular weight is 266 g/mol. The van der Waals surface area contributed by atoms with Gasteiger partial charge in [-0.15, -0.1) is 0 Å². The Kier molecular flexibility index (Phi) is 2.39. The summed E-state index contributed by atoms with van der Waals surface area (Å²) in [6.07, 6.45) is 5.73. The van der Waals surface area contributed by atoms with E-state index in [4.69, 9.17) is 0 Å². The molecule has 2 aromatic heterocycles. The highest BCUT2D eigenvalue weighted by molar-refractivity contribution is 6.06. The quantitative estimate of drug-likeness (QED) is 0.681. The second-order valence-corrected chi connectivity index (χ2v) is 5.21. The van der Waals surface area contributed by atoms with E-state index in [1.165, 1.54) is 18.4 Å². The number of rotatable bonds is 3. The molecule has 0 radical (unpaired) electrons. The molecular weight excluding hydrogens is 252 g/mol. The van der Waals surface area contributed by atoms with Crippen molar-refractivity contribution in [2.75, 3.05) is 5.32 Å². The second kappa shape index (κ2) is 4.23. The molecule has 0 saturated heterocycles. The predicted octanol–water partition coefficient (Wildman–Crippen LogP) is 3.02. The Balaban J connectivity index is 1.70. The third-order valence-corrected chi connectivity index (χ3v) is 3.72. The molecule has 4 rings (SSSR count). The van der Waals surface area contributed by atoms with Crippen LogP contribution >= 0.6 is 0 Å². The molecule has 20 heavy (non-hydrogen) atoms. The molecule has 0 atom stereocenters. The topological polar surface area (TPSA) is 73.6 Å². The molecule has 1 fully saturated rings. The molecule has 1 amide bonds. The van der Waals surface area contributed by atoms with E-state index in [9.17, 15) is 4.79 Å². The van der Waals surface area contributed by atoms with Crippen molar-refractivity contribution in [1.29, 1.82) is 0 Å². The van der Waals surface area contributed by atoms with Crippen LogP contribution in [0.15, 0.2) is 36.7 Å². The monoisotopic (exact) mass is 266 g/mol. The first kappa shape index (κ1) is 11.3. The fraction of sp³-hybridized carbons (Fsp3) is 0.200. The average Bonchev–Trinajstić information content (AvgIpc) is 2.99. The molecular formula is C15H14N4O. The molecule has 2 heterocycles. The number of aromatic amines is 2. The first-order chi connectivity index (χ1) is 9.81. The summed E-state index contributed by atoms with van der Waals surface area (Å²) in [4.78, 5) is 15.4. The summed E-state index contributed by atoms with van der Waals surface area (Å²) in [5.41, 5.74) is 3.61. The first-order valence-corrected chi connectivity index (χ1v) is 6.73. The predicted molar refractivity (Wildman–Crippen MR) is 76.8 cm³/mol. The van der Waals surface area contributed by atoms with E-state index < -0.39 is 0 Å². The summed E-state index contributed by atoms with van der Waals surface area (Å²) in [5.74, 6) is 0.517. The maximum atomic E-state index is 12.2. The largest absolute Gasteiger partial charge is 0.351 e. The first-order valence-electron chi connectivity index (χ1n) is 6.73. The van der Waals surface area contributed by atoms with Gasteiger partial charge < -0.3 is 10.3 Å². The normalized spacial score (nSPS) is 14.6. The fourth-order valence-electron chi connectivity index (χ4n) is 2.57. The van der Waals surface area contributed by atoms with E-state index in [-0.39, 0.29) is 5.91 Å². The molecule has 1 aliphatic rings. The van der Waals surface area contributed by atoms with Crippen LogP contribution in [0.3, 0.4) is 0 Å². The number of nitrogens with zero attached hydrogens (tertiary/aromatic N) is 1. The molecule has 100 valence electrons. The number of carbonyl (C=O) groups excluding carboxylic acids is 1. The van der Waals surface area contributed by atoms with Gasteiger partial charge in [-0.3, -0.25) is 9.89 Å². The molecule has 0 spiro atoms. The van der Waals surface area contributed by atoms with E-state index in [1.54, 1.807) is 12.4 Å². The van der Waals surface area contributed by atoms with Crippen molar-refractivity contribution < 1.29 is 4.79 Å². The minimum absolute atomic E-state index is 0.149. The van der Waals surface area contributed by atoms with E-state index in [1.807, 2.05) is 18.2 Å². The number of aromatic nitrogens is 3. The maximum absolute atomic E-state index is 12.2. The van der Waals surface area contributed by atoms with Crippen LogP contribution in [0.25, 0.3) is 10.9 Å². The minimum Gasteiger partial charge on any atom is -0.351 e. The van der Waals surface area contributed by atoms with Crippen molar-refractivity contribution >= 4 is 22.5 Å². The molecule has 0 aliphatic heterocycles. The van der Waals surface area contributed by atoms with Gasteiger partial charge in [0.05, 0.1) is 11.9 Å². The van der Waals surface area contributed by atoms with Crippen LogP contribution in [0.4, 0.5) is 5.69 Å². The molecule has 3 aromatic rings. The van der Waals surface area contributed by atoms with Gasteiger partial charge in [-0.25, -0.2) is 0 Å². The van der Waals surface area contributed by atoms with Gasteiger partial charge >= 0.3 is 0 Å². The molecule has 0 bridgehead atoms. The number of carbonyl (C=O) groups is 1. The summed E-state index contributed by atoms with van der Waals surface area (Å²) in [6, 6.07) is 8.16. The van der Waals surface area contributed by atoms with Crippen molar-refractivity contribution in [3.8, 4) is 0 Å². The van der Waals surface area contributed by atoms with Gasteiger partial charge in [-0.2, -0.15) is 5.10 Å². The van der Waals surface area contributed by atoms with Crippen molar-refractivity contribution in [1.82, 2.24) is 15.2 Å². The highest BCUT2D eigenvalue weighted by atomic mass is 16.1. The van der Waals surface area contributed by atoms with Crippen LogP contribution in [0, 0.1) is 0 Å². The lowest BCUT2D eigenvalue weighted by Crippen LogP contribution is -2.11. The second-order valence-electron chi connectivity index (χ2n) is 5.21. The summed E-state index contributed by atoms with van der Waals surface area (Å²) in [7, 11) is 0. The number of H-pyrrole nitrogens is 2. The lowest BCUT2D eigenvalue weighted by Gasteiger charge is -1.98. The Labute approximate surface area is 115 Å². The van der Waals surface area contributed by atoms with Gasteiger partial charge in [-0.1, -0.05) is 12.1 Å². The van der Waals surface area contributed by atoms with Gasteiger partial charge in [0.2, 0.25) is 0 Å². The maximum Gasteiger partial charge on any atom is 0.272 e. The molecule has 5 heteroatoms. The Hall–Kier alpha value is -2.56. The Morgan fingerprint density at radius 1 is 1.35 bits per heavy atom. The number of benzene rings is 1. The number of hydrogen-bond acceptors (Lipinski definition) is 2. The zero-order chi connectivity index (χ0) is 13.5. The minimum atomic E-state index is -0.149. The van der Waals surface area contributed by atoms with Gasteiger partial charge in [0, 0.05) is 17.1 Å². The summed E-state index contributed by atoms with van der Waals surface area (Å²) < 4.78 is 0. The van der Waals surface area contributed by atoms with Crippen LogP contribution in [0.2, 0.25) is 0 Å². The molecule has 1 aromatic carbocycles. The van der Waals surface area contributed by atoms with Crippen LogP contribution in [-0.2, 0) is 0 Å². The van der Waals surface area contributed by atoms with Crippen LogP contribution in [0.1, 0.15) is 34.8 Å². The van der Waals surface area contributed by atoms with Crippen molar-refractivity contribution in [2.45, 2.75) is 18.8 Å². The van der Waals surface area contributed by atoms with Crippen LogP contribution in [-0.4, -0.2) is 21.1 Å². The molecule has 5 nitrogen and oxygen atoms in total. The van der Waals surface area contributed by atoms with E-state index >= 15 is 0 Å². The lowest BCUT2D eigenvalue weighted by molar-refractivity contribution is 0.102. The molecule has 1 saturated carbocycles. The Bertz CT molecular complexity index is 768. The number of hydrogen-bond donors (Lipinski definition) is 3. The van der Waals surface area contributed by atoms with Crippen LogP contribution in [0.5, 0.6) is 0 Å². The van der Waals surface area contributed by atoms with E-state index in [0.29, 0.717) is 17.3 Å².